The van der Waals surface area contributed by atoms with Crippen LogP contribution in [-0.4, -0.2) is 23.8 Å². The van der Waals surface area contributed by atoms with Gasteiger partial charge < -0.3 is 4.57 Å². The number of sulfonamides is 1. The van der Waals surface area contributed by atoms with Crippen LogP contribution in [0.5, 0.6) is 0 Å². The largest absolute Gasteiger partial charge is 0.336 e. The van der Waals surface area contributed by atoms with E-state index in [1.54, 1.807) is 28.8 Å². The fourth-order valence-electron chi connectivity index (χ4n) is 1.73. The molecule has 0 fully saturated rings. The van der Waals surface area contributed by atoms with Crippen LogP contribution < -0.4 is 4.72 Å². The van der Waals surface area contributed by atoms with Gasteiger partial charge in [-0.1, -0.05) is 12.1 Å². The Bertz CT molecular complexity index is 735. The summed E-state index contributed by atoms with van der Waals surface area (Å²) in [5, 5.41) is -0.0716. The molecule has 1 aromatic heterocycles. The van der Waals surface area contributed by atoms with Gasteiger partial charge in [0.15, 0.2) is 10.8 Å². The van der Waals surface area contributed by atoms with Crippen molar-refractivity contribution in [1.29, 1.82) is 0 Å². The van der Waals surface area contributed by atoms with Crippen LogP contribution in [0.15, 0.2) is 41.8 Å². The zero-order valence-corrected chi connectivity index (χ0v) is 12.0. The number of anilines is 1. The van der Waals surface area contributed by atoms with Crippen LogP contribution in [0.25, 0.3) is 0 Å². The Labute approximate surface area is 117 Å². The number of carbonyl (C=O) groups excluding carboxylic acids is 1. The van der Waals surface area contributed by atoms with E-state index in [2.05, 4.69) is 9.71 Å². The minimum atomic E-state index is -3.79. The normalized spacial score (nSPS) is 11.3. The summed E-state index contributed by atoms with van der Waals surface area (Å²) in [5.41, 5.74) is 0.581. The van der Waals surface area contributed by atoms with E-state index in [1.165, 1.54) is 19.4 Å². The van der Waals surface area contributed by atoms with Crippen molar-refractivity contribution in [2.75, 3.05) is 4.72 Å². The number of imidazole rings is 1. The number of carbonyl (C=O) groups is 1. The Morgan fingerprint density at radius 2 is 2.05 bits per heavy atom. The van der Waals surface area contributed by atoms with Gasteiger partial charge in [0.05, 0.1) is 12.0 Å². The number of aryl methyl sites for hydroxylation is 1. The average molecular weight is 293 g/mol. The van der Waals surface area contributed by atoms with Crippen molar-refractivity contribution in [3.05, 3.63) is 42.4 Å². The van der Waals surface area contributed by atoms with Gasteiger partial charge in [-0.3, -0.25) is 9.52 Å². The van der Waals surface area contributed by atoms with Gasteiger partial charge >= 0.3 is 0 Å². The van der Waals surface area contributed by atoms with Crippen molar-refractivity contribution in [3.63, 3.8) is 0 Å². The Morgan fingerprint density at radius 1 is 1.35 bits per heavy atom. The van der Waals surface area contributed by atoms with Crippen molar-refractivity contribution >= 4 is 21.5 Å². The first-order valence-electron chi connectivity index (χ1n) is 6.08. The molecule has 1 aromatic carbocycles. The third kappa shape index (κ3) is 2.88. The Balaban J connectivity index is 2.36. The lowest BCUT2D eigenvalue weighted by molar-refractivity contribution is 0.101. The molecule has 0 unspecified atom stereocenters. The molecule has 1 N–H and O–H groups in total. The molecule has 0 spiro atoms. The summed E-state index contributed by atoms with van der Waals surface area (Å²) in [6, 6.07) is 6.46. The van der Waals surface area contributed by atoms with Crippen LogP contribution in [-0.2, 0) is 16.6 Å². The third-order valence-corrected chi connectivity index (χ3v) is 4.05. The number of nitrogens with one attached hydrogen (secondary N) is 1. The molecule has 6 nitrogen and oxygen atoms in total. The van der Waals surface area contributed by atoms with Crippen molar-refractivity contribution < 1.29 is 13.2 Å². The summed E-state index contributed by atoms with van der Waals surface area (Å²) in [4.78, 5) is 15.3. The first-order valence-corrected chi connectivity index (χ1v) is 7.57. The number of benzene rings is 1. The number of para-hydroxylation sites is 1. The van der Waals surface area contributed by atoms with E-state index in [0.717, 1.165) is 0 Å². The number of aromatic nitrogens is 2. The summed E-state index contributed by atoms with van der Waals surface area (Å²) < 4.78 is 28.5. The van der Waals surface area contributed by atoms with Crippen LogP contribution in [0, 0.1) is 0 Å². The second kappa shape index (κ2) is 5.46. The maximum atomic E-state index is 12.2. The molecule has 0 aliphatic heterocycles. The van der Waals surface area contributed by atoms with Gasteiger partial charge in [0, 0.05) is 18.3 Å². The molecule has 0 aliphatic carbocycles. The lowest BCUT2D eigenvalue weighted by Crippen LogP contribution is -2.15. The zero-order chi connectivity index (χ0) is 14.8. The highest BCUT2D eigenvalue weighted by Gasteiger charge is 2.19. The topological polar surface area (TPSA) is 81.1 Å². The molecule has 7 heteroatoms. The lowest BCUT2D eigenvalue weighted by Gasteiger charge is -2.09. The number of Topliss-reactive ketones (excluding diaryl/α,β-unsaturated/α-hetero) is 1. The number of nitrogens with zero attached hydrogens (tertiary/aromatic N) is 2. The molecule has 2 rings (SSSR count). The van der Waals surface area contributed by atoms with Crippen LogP contribution in [0.1, 0.15) is 24.2 Å². The molecule has 0 saturated heterocycles. The molecule has 0 aliphatic rings. The zero-order valence-electron chi connectivity index (χ0n) is 11.2. The highest BCUT2D eigenvalue weighted by Crippen LogP contribution is 2.19. The Morgan fingerprint density at radius 3 is 2.65 bits per heavy atom. The molecule has 2 aromatic rings. The van der Waals surface area contributed by atoms with E-state index < -0.39 is 10.0 Å². The van der Waals surface area contributed by atoms with Crippen molar-refractivity contribution in [1.82, 2.24) is 9.55 Å². The second-order valence-corrected chi connectivity index (χ2v) is 5.88. The predicted octanol–water partition coefficient (Wildman–Crippen LogP) is 1.91. The summed E-state index contributed by atoms with van der Waals surface area (Å²) in [6.07, 6.45) is 2.89. The SMILES string of the molecule is CCn1cnc(S(=O)(=O)Nc2ccccc2C(C)=O)c1. The van der Waals surface area contributed by atoms with Crippen molar-refractivity contribution in [3.8, 4) is 0 Å². The number of ketones is 1. The summed E-state index contributed by atoms with van der Waals surface area (Å²) in [6.45, 7) is 3.90. The lowest BCUT2D eigenvalue weighted by atomic mass is 10.1. The van der Waals surface area contributed by atoms with E-state index in [-0.39, 0.29) is 16.5 Å². The van der Waals surface area contributed by atoms with Crippen LogP contribution in [0.3, 0.4) is 0 Å². The molecular weight excluding hydrogens is 278 g/mol. The molecule has 0 atom stereocenters. The smallest absolute Gasteiger partial charge is 0.280 e. The molecule has 20 heavy (non-hydrogen) atoms. The quantitative estimate of drug-likeness (QED) is 0.854. The second-order valence-electron chi connectivity index (χ2n) is 4.25. The van der Waals surface area contributed by atoms with E-state index >= 15 is 0 Å². The van der Waals surface area contributed by atoms with Crippen LogP contribution >= 0.6 is 0 Å². The van der Waals surface area contributed by atoms with Crippen molar-refractivity contribution in [2.24, 2.45) is 0 Å². The Kier molecular flexibility index (Phi) is 3.89. The first-order chi connectivity index (χ1) is 9.44. The third-order valence-electron chi connectivity index (χ3n) is 2.80. The molecule has 0 amide bonds. The minimum absolute atomic E-state index is 0.0716. The monoisotopic (exact) mass is 293 g/mol. The molecule has 0 radical (unpaired) electrons. The fourth-order valence-corrected chi connectivity index (χ4v) is 2.76. The summed E-state index contributed by atoms with van der Waals surface area (Å²) in [7, 11) is -3.79. The minimum Gasteiger partial charge on any atom is -0.336 e. The van der Waals surface area contributed by atoms with Crippen molar-refractivity contribution in [2.45, 2.75) is 25.4 Å². The Hall–Kier alpha value is -2.15. The van der Waals surface area contributed by atoms with Crippen LogP contribution in [0.4, 0.5) is 5.69 Å². The van der Waals surface area contributed by atoms with E-state index in [9.17, 15) is 13.2 Å². The molecule has 0 bridgehead atoms. The summed E-state index contributed by atoms with van der Waals surface area (Å²) in [5.74, 6) is -0.206. The fraction of sp³-hybridized carbons (Fsp3) is 0.231. The summed E-state index contributed by atoms with van der Waals surface area (Å²) >= 11 is 0. The molecule has 1 heterocycles. The number of hydrogen-bond donors (Lipinski definition) is 1. The number of hydrogen-bond acceptors (Lipinski definition) is 4. The highest BCUT2D eigenvalue weighted by molar-refractivity contribution is 7.92. The van der Waals surface area contributed by atoms with Gasteiger partial charge in [-0.25, -0.2) is 4.98 Å². The standard InChI is InChI=1S/C13H15N3O3S/c1-3-16-8-13(14-9-16)20(18,19)15-12-7-5-4-6-11(12)10(2)17/h4-9,15H,3H2,1-2H3. The number of rotatable bonds is 5. The van der Waals surface area contributed by atoms with Gasteiger partial charge in [-0.05, 0) is 26.0 Å². The van der Waals surface area contributed by atoms with Gasteiger partial charge in [0.2, 0.25) is 0 Å². The molecule has 106 valence electrons. The van der Waals surface area contributed by atoms with Gasteiger partial charge in [0.1, 0.15) is 0 Å². The van der Waals surface area contributed by atoms with E-state index in [4.69, 9.17) is 0 Å². The average Bonchev–Trinajstić information content (AvgIpc) is 2.88. The highest BCUT2D eigenvalue weighted by atomic mass is 32.2. The maximum Gasteiger partial charge on any atom is 0.280 e. The predicted molar refractivity (Wildman–Crippen MR) is 75.2 cm³/mol. The first kappa shape index (κ1) is 14.3. The molecular formula is C13H15N3O3S. The maximum absolute atomic E-state index is 12.2. The van der Waals surface area contributed by atoms with Crippen LogP contribution in [0.2, 0.25) is 0 Å². The van der Waals surface area contributed by atoms with E-state index in [0.29, 0.717) is 12.1 Å². The van der Waals surface area contributed by atoms with Gasteiger partial charge in [-0.2, -0.15) is 8.42 Å². The van der Waals surface area contributed by atoms with Gasteiger partial charge in [-0.15, -0.1) is 0 Å². The molecule has 0 saturated carbocycles. The van der Waals surface area contributed by atoms with E-state index in [1.807, 2.05) is 6.92 Å². The van der Waals surface area contributed by atoms with Gasteiger partial charge in [0.25, 0.3) is 10.0 Å².